The van der Waals surface area contributed by atoms with E-state index in [1.807, 2.05) is 13.0 Å². The van der Waals surface area contributed by atoms with E-state index in [4.69, 9.17) is 16.3 Å². The first-order valence-corrected chi connectivity index (χ1v) is 12.9. The highest BCUT2D eigenvalue weighted by atomic mass is 35.5. The maximum Gasteiger partial charge on any atom is 0.194 e. The third-order valence-electron chi connectivity index (χ3n) is 6.56. The number of thiazole rings is 1. The Labute approximate surface area is 227 Å². The van der Waals surface area contributed by atoms with Crippen molar-refractivity contribution in [2.45, 2.75) is 37.7 Å². The molecule has 2 aromatic carbocycles. The summed E-state index contributed by atoms with van der Waals surface area (Å²) < 4.78 is 50.8. The molecule has 1 saturated heterocycles. The van der Waals surface area contributed by atoms with Crippen molar-refractivity contribution < 1.29 is 28.1 Å². The highest BCUT2D eigenvalue weighted by molar-refractivity contribution is 7.18. The Morgan fingerprint density at radius 3 is 2.67 bits per heavy atom. The van der Waals surface area contributed by atoms with Crippen LogP contribution < -0.4 is 0 Å². The largest absolute Gasteiger partial charge is 0.394 e. The maximum atomic E-state index is 13.8. The average Bonchev–Trinajstić information content (AvgIpc) is 3.66. The number of aliphatic hydroxyl groups excluding tert-OH is 2. The molecule has 15 heteroatoms. The van der Waals surface area contributed by atoms with E-state index in [1.54, 1.807) is 10.6 Å². The number of aromatic nitrogens is 7. The molecular weight excluding hydrogens is 559 g/mol. The lowest BCUT2D eigenvalue weighted by atomic mass is 9.95. The van der Waals surface area contributed by atoms with Crippen molar-refractivity contribution in [1.82, 2.24) is 34.7 Å². The molecule has 4 heterocycles. The number of benzene rings is 2. The maximum absolute atomic E-state index is 13.8. The van der Waals surface area contributed by atoms with Gasteiger partial charge in [0.2, 0.25) is 0 Å². The third-order valence-corrected chi connectivity index (χ3v) is 7.77. The molecule has 10 nitrogen and oxygen atoms in total. The first-order valence-electron chi connectivity index (χ1n) is 11.7. The van der Waals surface area contributed by atoms with Gasteiger partial charge in [-0.25, -0.2) is 22.8 Å². The highest BCUT2D eigenvalue weighted by Crippen LogP contribution is 2.39. The van der Waals surface area contributed by atoms with Crippen molar-refractivity contribution in [3.05, 3.63) is 70.1 Å². The Hall–Kier alpha value is -3.43. The zero-order valence-corrected chi connectivity index (χ0v) is 21.6. The molecule has 5 aromatic rings. The molecule has 4 unspecified atom stereocenters. The van der Waals surface area contributed by atoms with Crippen LogP contribution in [-0.2, 0) is 4.74 Å². The van der Waals surface area contributed by atoms with E-state index >= 15 is 0 Å². The molecule has 2 N–H and O–H groups in total. The average molecular weight is 578 g/mol. The van der Waals surface area contributed by atoms with Gasteiger partial charge in [0, 0.05) is 12.0 Å². The summed E-state index contributed by atoms with van der Waals surface area (Å²) in [7, 11) is 0. The van der Waals surface area contributed by atoms with Gasteiger partial charge in [0.05, 0.1) is 39.3 Å². The van der Waals surface area contributed by atoms with Gasteiger partial charge >= 0.3 is 0 Å². The quantitative estimate of drug-likeness (QED) is 0.301. The molecule has 0 radical (unpaired) electrons. The van der Waals surface area contributed by atoms with Crippen molar-refractivity contribution in [1.29, 1.82) is 0 Å². The fourth-order valence-corrected chi connectivity index (χ4v) is 5.90. The minimum atomic E-state index is -1.59. The molecule has 202 valence electrons. The standard InChI is InChI=1S/C24H19ClF3N7O3S/c1-10-30-22-13(25)4-12(5-20(22)39-10)34-9-29-32-24(34)18-6-17(23(37)19(8-36)38-18)35-7-16(31-33-35)11-2-14(26)21(28)15(27)3-11/h2-5,7,9,17-19,23,36-37H,6,8H2,1H3. The lowest BCUT2D eigenvalue weighted by molar-refractivity contribution is -0.161. The van der Waals surface area contributed by atoms with Crippen molar-refractivity contribution in [2.75, 3.05) is 6.61 Å². The van der Waals surface area contributed by atoms with Crippen LogP contribution in [0.15, 0.2) is 36.8 Å². The normalized spacial score (nSPS) is 21.6. The lowest BCUT2D eigenvalue weighted by Gasteiger charge is -2.38. The molecule has 6 rings (SSSR count). The second kappa shape index (κ2) is 9.95. The SMILES string of the molecule is Cc1nc2c(Cl)cc(-n3cnnc3C3CC(n4cc(-c5cc(F)c(F)c(F)c5)nn4)C(O)C(CO)O3)cc2s1. The van der Waals surface area contributed by atoms with Crippen LogP contribution in [0.1, 0.15) is 29.4 Å². The monoisotopic (exact) mass is 577 g/mol. The van der Waals surface area contributed by atoms with Gasteiger partial charge in [0.15, 0.2) is 23.3 Å². The second-order valence-corrected chi connectivity index (χ2v) is 10.7. The molecule has 1 fully saturated rings. The second-order valence-electron chi connectivity index (χ2n) is 9.04. The van der Waals surface area contributed by atoms with E-state index in [2.05, 4.69) is 25.5 Å². The Morgan fingerprint density at radius 1 is 1.15 bits per heavy atom. The van der Waals surface area contributed by atoms with Crippen LogP contribution in [0.2, 0.25) is 5.02 Å². The summed E-state index contributed by atoms with van der Waals surface area (Å²) >= 11 is 7.98. The van der Waals surface area contributed by atoms with Gasteiger partial charge in [-0.15, -0.1) is 26.6 Å². The van der Waals surface area contributed by atoms with Crippen LogP contribution in [0.25, 0.3) is 27.2 Å². The summed E-state index contributed by atoms with van der Waals surface area (Å²) in [6.07, 6.45) is 0.0577. The molecule has 1 aliphatic rings. The third kappa shape index (κ3) is 4.57. The fourth-order valence-electron chi connectivity index (χ4n) is 4.70. The van der Waals surface area contributed by atoms with E-state index in [9.17, 15) is 23.4 Å². The number of nitrogens with zero attached hydrogens (tertiary/aromatic N) is 7. The van der Waals surface area contributed by atoms with Crippen LogP contribution in [0.5, 0.6) is 0 Å². The van der Waals surface area contributed by atoms with E-state index < -0.39 is 48.4 Å². The van der Waals surface area contributed by atoms with Gasteiger partial charge in [-0.1, -0.05) is 16.8 Å². The number of halogens is 4. The van der Waals surface area contributed by atoms with Crippen molar-refractivity contribution in [3.63, 3.8) is 0 Å². The predicted octanol–water partition coefficient (Wildman–Crippen LogP) is 3.94. The van der Waals surface area contributed by atoms with Gasteiger partial charge in [0.1, 0.15) is 35.8 Å². The van der Waals surface area contributed by atoms with Crippen LogP contribution >= 0.6 is 22.9 Å². The number of ether oxygens (including phenoxy) is 1. The molecule has 3 aromatic heterocycles. The van der Waals surface area contributed by atoms with Gasteiger partial charge in [-0.2, -0.15) is 0 Å². The Morgan fingerprint density at radius 2 is 1.92 bits per heavy atom. The number of aryl methyl sites for hydroxylation is 1. The Kier molecular flexibility index (Phi) is 6.59. The summed E-state index contributed by atoms with van der Waals surface area (Å²) in [6.45, 7) is 1.38. The zero-order valence-electron chi connectivity index (χ0n) is 20.0. The summed E-state index contributed by atoms with van der Waals surface area (Å²) in [5.41, 5.74) is 1.40. The van der Waals surface area contributed by atoms with Crippen LogP contribution in [0, 0.1) is 24.4 Å². The van der Waals surface area contributed by atoms with Crippen molar-refractivity contribution >= 4 is 33.2 Å². The van der Waals surface area contributed by atoms with Crippen LogP contribution in [0.4, 0.5) is 13.2 Å². The number of fused-ring (bicyclic) bond motifs is 1. The first kappa shape index (κ1) is 25.8. The molecule has 0 saturated carbocycles. The van der Waals surface area contributed by atoms with E-state index in [-0.39, 0.29) is 17.7 Å². The molecule has 0 amide bonds. The summed E-state index contributed by atoms with van der Waals surface area (Å²) in [4.78, 5) is 4.45. The molecule has 0 aliphatic carbocycles. The van der Waals surface area contributed by atoms with Crippen molar-refractivity contribution in [2.24, 2.45) is 0 Å². The summed E-state index contributed by atoms with van der Waals surface area (Å²) in [5.74, 6) is -3.92. The number of rotatable bonds is 5. The Bertz CT molecular complexity index is 1670. The van der Waals surface area contributed by atoms with Gasteiger partial charge in [-0.05, 0) is 31.2 Å². The predicted molar refractivity (Wildman–Crippen MR) is 134 cm³/mol. The summed E-state index contributed by atoms with van der Waals surface area (Å²) in [6, 6.07) is 4.49. The number of hydrogen-bond acceptors (Lipinski definition) is 9. The molecule has 0 spiro atoms. The Balaban J connectivity index is 1.34. The highest BCUT2D eigenvalue weighted by Gasteiger charge is 2.41. The fraction of sp³-hybridized carbons (Fsp3) is 0.292. The summed E-state index contributed by atoms with van der Waals surface area (Å²) in [5, 5.41) is 38.4. The topological polar surface area (TPSA) is 124 Å². The number of hydrogen-bond donors (Lipinski definition) is 2. The van der Waals surface area contributed by atoms with E-state index in [0.29, 0.717) is 22.1 Å². The smallest absolute Gasteiger partial charge is 0.194 e. The molecule has 1 aliphatic heterocycles. The minimum Gasteiger partial charge on any atom is -0.394 e. The van der Waals surface area contributed by atoms with Crippen molar-refractivity contribution in [3.8, 4) is 16.9 Å². The zero-order chi connectivity index (χ0) is 27.4. The minimum absolute atomic E-state index is 0.0280. The molecule has 39 heavy (non-hydrogen) atoms. The van der Waals surface area contributed by atoms with Gasteiger partial charge < -0.3 is 14.9 Å². The van der Waals surface area contributed by atoms with Crippen LogP contribution in [-0.4, -0.2) is 63.8 Å². The lowest BCUT2D eigenvalue weighted by Crippen LogP contribution is -2.45. The molecular formula is C24H19ClF3N7O3S. The molecule has 0 bridgehead atoms. The molecule has 4 atom stereocenters. The van der Waals surface area contributed by atoms with Crippen LogP contribution in [0.3, 0.4) is 0 Å². The van der Waals surface area contributed by atoms with E-state index in [0.717, 1.165) is 21.8 Å². The van der Waals surface area contributed by atoms with Gasteiger partial charge in [0.25, 0.3) is 0 Å². The van der Waals surface area contributed by atoms with E-state index in [1.165, 1.54) is 28.5 Å². The van der Waals surface area contributed by atoms with Gasteiger partial charge in [-0.3, -0.25) is 4.57 Å². The first-order chi connectivity index (χ1) is 18.7. The number of aliphatic hydroxyl groups is 2.